The maximum absolute atomic E-state index is 14.0. The lowest BCUT2D eigenvalue weighted by Gasteiger charge is -2.17. The highest BCUT2D eigenvalue weighted by Crippen LogP contribution is 2.51. The number of carbonyl (C=O) groups excluding carboxylic acids is 1. The molecule has 2 heterocycles. The smallest absolute Gasteiger partial charge is 0.381 e. The second kappa shape index (κ2) is 12.4. The van der Waals surface area contributed by atoms with Gasteiger partial charge >= 0.3 is 6.18 Å². The third-order valence-electron chi connectivity index (χ3n) is 7.41. The van der Waals surface area contributed by atoms with Gasteiger partial charge in [0.25, 0.3) is 5.91 Å². The zero-order valence-electron chi connectivity index (χ0n) is 24.2. The van der Waals surface area contributed by atoms with Crippen molar-refractivity contribution in [3.63, 3.8) is 0 Å². The molecule has 6 rings (SSSR count). The van der Waals surface area contributed by atoms with Gasteiger partial charge in [-0.05, 0) is 77.8 Å². The predicted octanol–water partition coefficient (Wildman–Crippen LogP) is 8.67. The summed E-state index contributed by atoms with van der Waals surface area (Å²) in [4.78, 5) is 24.1. The first-order chi connectivity index (χ1) is 21.6. The molecule has 0 aliphatic carbocycles. The average molecular weight is 642 g/mol. The lowest BCUT2D eigenvalue weighted by molar-refractivity contribution is -0.137. The van der Waals surface area contributed by atoms with Crippen LogP contribution in [0.5, 0.6) is 0 Å². The fraction of sp³-hybridized carbons (Fsp3) is 0.147. The van der Waals surface area contributed by atoms with Crippen LogP contribution in [0.2, 0.25) is 0 Å². The third-order valence-corrected chi connectivity index (χ3v) is 9.82. The van der Waals surface area contributed by atoms with E-state index in [9.17, 15) is 23.2 Å². The van der Waals surface area contributed by atoms with Gasteiger partial charge in [-0.3, -0.25) is 9.69 Å². The Bertz CT molecular complexity index is 1880. The van der Waals surface area contributed by atoms with E-state index >= 15 is 0 Å². The Labute approximate surface area is 267 Å². The first kappa shape index (κ1) is 30.4. The summed E-state index contributed by atoms with van der Waals surface area (Å²) in [5.74, 6) is -0.153. The zero-order valence-corrected chi connectivity index (χ0v) is 25.9. The number of fused-ring (bicyclic) bond motifs is 1. The van der Waals surface area contributed by atoms with Crippen LogP contribution in [-0.2, 0) is 24.1 Å². The number of hydrogen-bond acceptors (Lipinski definition) is 7. The molecule has 4 aromatic carbocycles. The fourth-order valence-electron chi connectivity index (χ4n) is 4.90. The van der Waals surface area contributed by atoms with Gasteiger partial charge in [-0.25, -0.2) is 4.99 Å². The number of thioether (sulfide) groups is 2. The normalized spacial score (nSPS) is 17.2. The summed E-state index contributed by atoms with van der Waals surface area (Å²) < 4.78 is 38.7. The van der Waals surface area contributed by atoms with Gasteiger partial charge < -0.3 is 10.2 Å². The van der Waals surface area contributed by atoms with E-state index in [0.717, 1.165) is 50.1 Å². The molecule has 6 nitrogen and oxygen atoms in total. The molecular weight excluding hydrogens is 616 g/mol. The number of rotatable bonds is 6. The lowest BCUT2D eigenvalue weighted by atomic mass is 10.1. The number of nitriles is 1. The Kier molecular flexibility index (Phi) is 8.36. The number of amides is 1. The molecular formula is C34H26F3N5OS2. The number of benzene rings is 4. The van der Waals surface area contributed by atoms with Crippen molar-refractivity contribution in [1.29, 1.82) is 5.26 Å². The monoisotopic (exact) mass is 641 g/mol. The van der Waals surface area contributed by atoms with E-state index in [1.54, 1.807) is 17.0 Å². The van der Waals surface area contributed by atoms with Crippen molar-refractivity contribution in [2.75, 3.05) is 17.3 Å². The van der Waals surface area contributed by atoms with Gasteiger partial charge in [-0.15, -0.1) is 0 Å². The fourth-order valence-corrected chi connectivity index (χ4v) is 7.28. The van der Waals surface area contributed by atoms with Crippen molar-refractivity contribution in [2.24, 2.45) is 4.99 Å². The molecule has 1 fully saturated rings. The van der Waals surface area contributed by atoms with E-state index < -0.39 is 11.7 Å². The van der Waals surface area contributed by atoms with Crippen LogP contribution in [0.4, 0.5) is 30.2 Å². The molecule has 1 N–H and O–H groups in total. The standard InChI is InChI=1S/C34H26F3N5OS2/c1-21-8-9-24(18-38)16-27(21)40-33-42(20-23-6-4-3-5-7-23)31(43)30(45-33)32-41(2)28-15-14-26(17-29(28)44-32)39-19-22-10-12-25(13-11-22)34(35,36)37/h3-17,39H,19-20H2,1-2H3. The minimum atomic E-state index is -4.37. The zero-order chi connectivity index (χ0) is 31.7. The summed E-state index contributed by atoms with van der Waals surface area (Å²) in [5.41, 5.74) is 4.79. The summed E-state index contributed by atoms with van der Waals surface area (Å²) >= 11 is 2.80. The highest BCUT2D eigenvalue weighted by molar-refractivity contribution is 8.19. The first-order valence-corrected chi connectivity index (χ1v) is 15.6. The van der Waals surface area contributed by atoms with E-state index in [1.807, 2.05) is 73.5 Å². The number of aliphatic imine (C=N–C) groups is 1. The molecule has 0 atom stereocenters. The van der Waals surface area contributed by atoms with Crippen molar-refractivity contribution >= 4 is 51.7 Å². The van der Waals surface area contributed by atoms with E-state index in [4.69, 9.17) is 4.99 Å². The number of halogens is 3. The SMILES string of the molecule is Cc1ccc(C#N)cc1N=C1SC(=C2Sc3cc(NCc4ccc(C(F)(F)F)cc4)ccc3N2C)C(=O)N1Cc1ccccc1. The molecule has 0 aromatic heterocycles. The van der Waals surface area contributed by atoms with Crippen LogP contribution in [0.25, 0.3) is 0 Å². The highest BCUT2D eigenvalue weighted by atomic mass is 32.2. The van der Waals surface area contributed by atoms with Gasteiger partial charge in [0.05, 0.1) is 40.1 Å². The molecule has 0 bridgehead atoms. The lowest BCUT2D eigenvalue weighted by Crippen LogP contribution is -2.29. The second-order valence-electron chi connectivity index (χ2n) is 10.5. The number of nitrogens with one attached hydrogen (secondary N) is 1. The third kappa shape index (κ3) is 6.43. The van der Waals surface area contributed by atoms with Gasteiger partial charge in [-0.1, -0.05) is 60.3 Å². The van der Waals surface area contributed by atoms with Gasteiger partial charge in [0.15, 0.2) is 5.17 Å². The molecule has 11 heteroatoms. The van der Waals surface area contributed by atoms with Crippen LogP contribution in [0, 0.1) is 18.3 Å². The largest absolute Gasteiger partial charge is 0.416 e. The highest BCUT2D eigenvalue weighted by Gasteiger charge is 2.39. The van der Waals surface area contributed by atoms with Crippen molar-refractivity contribution < 1.29 is 18.0 Å². The quantitative estimate of drug-likeness (QED) is 0.213. The van der Waals surface area contributed by atoms with Gasteiger partial charge in [0, 0.05) is 24.2 Å². The van der Waals surface area contributed by atoms with Crippen LogP contribution >= 0.6 is 23.5 Å². The maximum Gasteiger partial charge on any atom is 0.416 e. The van der Waals surface area contributed by atoms with E-state index in [2.05, 4.69) is 11.4 Å². The van der Waals surface area contributed by atoms with E-state index in [0.29, 0.717) is 34.4 Å². The minimum Gasteiger partial charge on any atom is -0.381 e. The van der Waals surface area contributed by atoms with E-state index in [1.165, 1.54) is 35.7 Å². The number of amidine groups is 1. The van der Waals surface area contributed by atoms with Crippen LogP contribution in [0.1, 0.15) is 27.8 Å². The van der Waals surface area contributed by atoms with Crippen LogP contribution in [0.3, 0.4) is 0 Å². The van der Waals surface area contributed by atoms with Gasteiger partial charge in [-0.2, -0.15) is 18.4 Å². The van der Waals surface area contributed by atoms with E-state index in [-0.39, 0.29) is 5.91 Å². The molecule has 2 aliphatic rings. The maximum atomic E-state index is 14.0. The van der Waals surface area contributed by atoms with Crippen molar-refractivity contribution in [1.82, 2.24) is 4.90 Å². The molecule has 2 aliphatic heterocycles. The number of carbonyl (C=O) groups is 1. The van der Waals surface area contributed by atoms with Crippen LogP contribution in [-0.4, -0.2) is 23.0 Å². The molecule has 1 saturated heterocycles. The van der Waals surface area contributed by atoms with Crippen molar-refractivity contribution in [3.05, 3.63) is 129 Å². The Morgan fingerprint density at radius 3 is 2.40 bits per heavy atom. The molecule has 0 unspecified atom stereocenters. The van der Waals surface area contributed by atoms with Crippen LogP contribution < -0.4 is 10.2 Å². The van der Waals surface area contributed by atoms with Crippen LogP contribution in [0.15, 0.2) is 111 Å². The summed E-state index contributed by atoms with van der Waals surface area (Å²) in [6, 6.07) is 28.2. The van der Waals surface area contributed by atoms with Gasteiger partial charge in [0.1, 0.15) is 4.91 Å². The average Bonchev–Trinajstić information content (AvgIpc) is 3.52. The number of hydrogen-bond donors (Lipinski definition) is 1. The summed E-state index contributed by atoms with van der Waals surface area (Å²) in [6.45, 7) is 2.63. The van der Waals surface area contributed by atoms with Gasteiger partial charge in [0.2, 0.25) is 0 Å². The summed E-state index contributed by atoms with van der Waals surface area (Å²) in [6.07, 6.45) is -4.37. The Morgan fingerprint density at radius 2 is 1.69 bits per heavy atom. The van der Waals surface area contributed by atoms with Crippen molar-refractivity contribution in [3.8, 4) is 6.07 Å². The predicted molar refractivity (Wildman–Crippen MR) is 174 cm³/mol. The number of aryl methyl sites for hydroxylation is 1. The minimum absolute atomic E-state index is 0.153. The van der Waals surface area contributed by atoms with Crippen molar-refractivity contribution in [2.45, 2.75) is 31.1 Å². The second-order valence-corrected chi connectivity index (χ2v) is 12.5. The first-order valence-electron chi connectivity index (χ1n) is 13.9. The molecule has 1 amide bonds. The molecule has 0 radical (unpaired) electrons. The summed E-state index contributed by atoms with van der Waals surface area (Å²) in [7, 11) is 1.92. The Hall–Kier alpha value is -4.66. The molecule has 0 spiro atoms. The summed E-state index contributed by atoms with van der Waals surface area (Å²) in [5, 5.41) is 14.0. The molecule has 0 saturated carbocycles. The number of alkyl halides is 3. The topological polar surface area (TPSA) is 71.7 Å². The number of anilines is 2. The number of nitrogens with zero attached hydrogens (tertiary/aromatic N) is 4. The molecule has 45 heavy (non-hydrogen) atoms. The molecule has 4 aromatic rings. The Balaban J connectivity index is 1.27. The molecule has 226 valence electrons. The Morgan fingerprint density at radius 1 is 0.933 bits per heavy atom.